The van der Waals surface area contributed by atoms with E-state index in [0.717, 1.165) is 24.3 Å². The molecule has 2 saturated carbocycles. The van der Waals surface area contributed by atoms with Gasteiger partial charge in [-0.25, -0.2) is 0 Å². The predicted octanol–water partition coefficient (Wildman–Crippen LogP) is 1.54. The van der Waals surface area contributed by atoms with Gasteiger partial charge in [0.15, 0.2) is 0 Å². The van der Waals surface area contributed by atoms with Crippen LogP contribution in [0.4, 0.5) is 0 Å². The van der Waals surface area contributed by atoms with Gasteiger partial charge in [0.25, 0.3) is 0 Å². The molecule has 0 aromatic heterocycles. The third-order valence-electron chi connectivity index (χ3n) is 4.36. The minimum atomic E-state index is 0.150. The van der Waals surface area contributed by atoms with E-state index in [1.165, 1.54) is 25.7 Å². The monoisotopic (exact) mass is 224 g/mol. The summed E-state index contributed by atoms with van der Waals surface area (Å²) in [6.07, 6.45) is 5.58. The van der Waals surface area contributed by atoms with Gasteiger partial charge in [-0.15, -0.1) is 0 Å². The Morgan fingerprint density at radius 3 is 2.75 bits per heavy atom. The highest BCUT2D eigenvalue weighted by Gasteiger charge is 2.41. The largest absolute Gasteiger partial charge is 0.352 e. The molecule has 4 unspecified atom stereocenters. The van der Waals surface area contributed by atoms with Crippen LogP contribution in [0.1, 0.15) is 39.5 Å². The molecular formula is C13H24N2O. The molecule has 0 radical (unpaired) electrons. The maximum Gasteiger partial charge on any atom is 0.234 e. The first-order valence-electron chi connectivity index (χ1n) is 6.70. The Kier molecular flexibility index (Phi) is 3.85. The summed E-state index contributed by atoms with van der Waals surface area (Å²) in [5, 5.41) is 6.21. The Labute approximate surface area is 98.4 Å². The number of amides is 1. The molecule has 2 rings (SSSR count). The van der Waals surface area contributed by atoms with Crippen molar-refractivity contribution in [2.45, 2.75) is 45.6 Å². The highest BCUT2D eigenvalue weighted by molar-refractivity contribution is 5.78. The summed E-state index contributed by atoms with van der Waals surface area (Å²) in [7, 11) is 0. The topological polar surface area (TPSA) is 41.1 Å². The summed E-state index contributed by atoms with van der Waals surface area (Å²) in [4.78, 5) is 11.6. The van der Waals surface area contributed by atoms with Crippen molar-refractivity contribution < 1.29 is 4.79 Å². The fourth-order valence-electron chi connectivity index (χ4n) is 3.56. The quantitative estimate of drug-likeness (QED) is 0.743. The van der Waals surface area contributed by atoms with Gasteiger partial charge in [-0.3, -0.25) is 4.79 Å². The molecule has 4 atom stereocenters. The number of nitrogens with one attached hydrogen (secondary N) is 2. The summed E-state index contributed by atoms with van der Waals surface area (Å²) < 4.78 is 0. The van der Waals surface area contributed by atoms with Crippen LogP contribution in [0.2, 0.25) is 0 Å². The lowest BCUT2D eigenvalue weighted by Crippen LogP contribution is -2.43. The van der Waals surface area contributed by atoms with Crippen molar-refractivity contribution in [1.82, 2.24) is 10.6 Å². The standard InChI is InChI=1S/C13H24N2O/c1-3-14-8-13(16)15-9(2)12-7-10-4-5-11(12)6-10/h9-12,14H,3-8H2,1-2H3,(H,15,16). The lowest BCUT2D eigenvalue weighted by atomic mass is 9.84. The maximum atomic E-state index is 11.6. The second-order valence-electron chi connectivity index (χ2n) is 5.48. The molecule has 0 saturated heterocycles. The molecule has 0 spiro atoms. The normalized spacial score (nSPS) is 34.0. The van der Waals surface area contributed by atoms with E-state index in [0.29, 0.717) is 12.6 Å². The van der Waals surface area contributed by atoms with Gasteiger partial charge in [0.1, 0.15) is 0 Å². The van der Waals surface area contributed by atoms with Crippen LogP contribution in [0.25, 0.3) is 0 Å². The Bertz CT molecular complexity index is 254. The van der Waals surface area contributed by atoms with E-state index < -0.39 is 0 Å². The second-order valence-corrected chi connectivity index (χ2v) is 5.48. The third kappa shape index (κ3) is 2.57. The van der Waals surface area contributed by atoms with Gasteiger partial charge >= 0.3 is 0 Å². The summed E-state index contributed by atoms with van der Waals surface area (Å²) in [5.41, 5.74) is 0. The Balaban J connectivity index is 1.75. The third-order valence-corrected chi connectivity index (χ3v) is 4.36. The molecule has 0 heterocycles. The fraction of sp³-hybridized carbons (Fsp3) is 0.923. The minimum Gasteiger partial charge on any atom is -0.352 e. The van der Waals surface area contributed by atoms with Gasteiger partial charge in [-0.05, 0) is 50.5 Å². The van der Waals surface area contributed by atoms with E-state index in [1.54, 1.807) is 0 Å². The number of hydrogen-bond acceptors (Lipinski definition) is 2. The van der Waals surface area contributed by atoms with E-state index in [9.17, 15) is 4.79 Å². The average Bonchev–Trinajstić information content (AvgIpc) is 2.87. The van der Waals surface area contributed by atoms with E-state index in [2.05, 4.69) is 17.6 Å². The molecular weight excluding hydrogens is 200 g/mol. The molecule has 0 aromatic rings. The van der Waals surface area contributed by atoms with Gasteiger partial charge in [0.05, 0.1) is 6.54 Å². The molecule has 2 aliphatic carbocycles. The zero-order valence-corrected chi connectivity index (χ0v) is 10.5. The van der Waals surface area contributed by atoms with Crippen LogP contribution < -0.4 is 10.6 Å². The number of carbonyl (C=O) groups excluding carboxylic acids is 1. The highest BCUT2D eigenvalue weighted by Crippen LogP contribution is 2.49. The lowest BCUT2D eigenvalue weighted by Gasteiger charge is -2.28. The van der Waals surface area contributed by atoms with Crippen LogP contribution in [0.3, 0.4) is 0 Å². The zero-order chi connectivity index (χ0) is 11.5. The van der Waals surface area contributed by atoms with Gasteiger partial charge in [-0.2, -0.15) is 0 Å². The molecule has 2 N–H and O–H groups in total. The summed E-state index contributed by atoms with van der Waals surface area (Å²) >= 11 is 0. The zero-order valence-electron chi connectivity index (χ0n) is 10.5. The van der Waals surface area contributed by atoms with Crippen molar-refractivity contribution in [3.63, 3.8) is 0 Å². The van der Waals surface area contributed by atoms with Crippen molar-refractivity contribution >= 4 is 5.91 Å². The Morgan fingerprint density at radius 1 is 1.38 bits per heavy atom. The molecule has 1 amide bonds. The number of carbonyl (C=O) groups is 1. The Morgan fingerprint density at radius 2 is 2.19 bits per heavy atom. The van der Waals surface area contributed by atoms with E-state index in [1.807, 2.05) is 6.92 Å². The minimum absolute atomic E-state index is 0.150. The molecule has 92 valence electrons. The number of rotatable bonds is 5. The van der Waals surface area contributed by atoms with Gasteiger partial charge in [0.2, 0.25) is 5.91 Å². The first-order chi connectivity index (χ1) is 7.70. The van der Waals surface area contributed by atoms with E-state index >= 15 is 0 Å². The van der Waals surface area contributed by atoms with Crippen molar-refractivity contribution in [2.75, 3.05) is 13.1 Å². The number of fused-ring (bicyclic) bond motifs is 2. The number of hydrogen-bond donors (Lipinski definition) is 2. The molecule has 2 aliphatic rings. The predicted molar refractivity (Wildman–Crippen MR) is 65.1 cm³/mol. The van der Waals surface area contributed by atoms with Crippen molar-refractivity contribution in [3.05, 3.63) is 0 Å². The van der Waals surface area contributed by atoms with Crippen LogP contribution in [-0.4, -0.2) is 25.0 Å². The summed E-state index contributed by atoms with van der Waals surface area (Å²) in [6.45, 7) is 5.51. The molecule has 0 aromatic carbocycles. The van der Waals surface area contributed by atoms with E-state index in [4.69, 9.17) is 0 Å². The smallest absolute Gasteiger partial charge is 0.234 e. The lowest BCUT2D eigenvalue weighted by molar-refractivity contribution is -0.121. The summed E-state index contributed by atoms with van der Waals surface area (Å²) in [6, 6.07) is 0.362. The summed E-state index contributed by atoms with van der Waals surface area (Å²) in [5.74, 6) is 2.74. The first-order valence-corrected chi connectivity index (χ1v) is 6.70. The fourth-order valence-corrected chi connectivity index (χ4v) is 3.56. The molecule has 3 nitrogen and oxygen atoms in total. The molecule has 3 heteroatoms. The number of likely N-dealkylation sites (N-methyl/N-ethyl adjacent to an activating group) is 1. The average molecular weight is 224 g/mol. The van der Waals surface area contributed by atoms with Crippen molar-refractivity contribution in [2.24, 2.45) is 17.8 Å². The molecule has 2 bridgehead atoms. The first kappa shape index (κ1) is 11.9. The van der Waals surface area contributed by atoms with Crippen molar-refractivity contribution in [1.29, 1.82) is 0 Å². The van der Waals surface area contributed by atoms with Gasteiger partial charge in [0, 0.05) is 6.04 Å². The molecule has 2 fully saturated rings. The second kappa shape index (κ2) is 5.17. The van der Waals surface area contributed by atoms with Crippen LogP contribution in [0.5, 0.6) is 0 Å². The van der Waals surface area contributed by atoms with Crippen LogP contribution in [0, 0.1) is 17.8 Å². The van der Waals surface area contributed by atoms with Crippen LogP contribution in [0.15, 0.2) is 0 Å². The van der Waals surface area contributed by atoms with Crippen LogP contribution in [-0.2, 0) is 4.79 Å². The molecule has 0 aliphatic heterocycles. The maximum absolute atomic E-state index is 11.6. The van der Waals surface area contributed by atoms with E-state index in [-0.39, 0.29) is 5.91 Å². The SMILES string of the molecule is CCNCC(=O)NC(C)C1CC2CCC1C2. The Hall–Kier alpha value is -0.570. The molecule has 16 heavy (non-hydrogen) atoms. The van der Waals surface area contributed by atoms with Crippen LogP contribution >= 0.6 is 0 Å². The van der Waals surface area contributed by atoms with Gasteiger partial charge in [-0.1, -0.05) is 13.3 Å². The highest BCUT2D eigenvalue weighted by atomic mass is 16.1. The van der Waals surface area contributed by atoms with Gasteiger partial charge < -0.3 is 10.6 Å². The van der Waals surface area contributed by atoms with Crippen molar-refractivity contribution in [3.8, 4) is 0 Å².